The number of carbonyl (C=O) groups excluding carboxylic acids is 1. The van der Waals surface area contributed by atoms with Gasteiger partial charge in [0.25, 0.3) is 5.91 Å². The smallest absolute Gasteiger partial charge is 0.262 e. The summed E-state index contributed by atoms with van der Waals surface area (Å²) < 4.78 is 0. The van der Waals surface area contributed by atoms with Crippen LogP contribution >= 0.6 is 11.3 Å². The average molecular weight is 311 g/mol. The lowest BCUT2D eigenvalue weighted by Gasteiger charge is -2.11. The Kier molecular flexibility index (Phi) is 5.34. The van der Waals surface area contributed by atoms with Crippen molar-refractivity contribution < 1.29 is 4.79 Å². The van der Waals surface area contributed by atoms with Crippen LogP contribution in [-0.4, -0.2) is 20.0 Å². The molecular weight excluding hydrogens is 294 g/mol. The molecule has 0 aliphatic rings. The topological polar surface area (TPSA) is 56.1 Å². The lowest BCUT2D eigenvalue weighted by Crippen LogP contribution is -2.23. The molecule has 0 atom stereocenters. The highest BCUT2D eigenvalue weighted by molar-refractivity contribution is 7.09. The molecule has 0 unspecified atom stereocenters. The average Bonchev–Trinajstić information content (AvgIpc) is 3.04. The van der Waals surface area contributed by atoms with Gasteiger partial charge in [-0.25, -0.2) is 0 Å². The predicted octanol–water partition coefficient (Wildman–Crippen LogP) is 3.04. The third-order valence-corrected chi connectivity index (χ3v) is 3.97. The third-order valence-electron chi connectivity index (χ3n) is 3.09. The van der Waals surface area contributed by atoms with Gasteiger partial charge in [0.15, 0.2) is 0 Å². The van der Waals surface area contributed by atoms with E-state index in [1.54, 1.807) is 17.4 Å². The highest BCUT2D eigenvalue weighted by atomic mass is 32.1. The number of nitrogens with zero attached hydrogens (tertiary/aromatic N) is 2. The van der Waals surface area contributed by atoms with Gasteiger partial charge in [-0.3, -0.25) is 4.79 Å². The number of anilines is 1. The first-order chi connectivity index (χ1) is 10.6. The second-order valence-electron chi connectivity index (χ2n) is 4.92. The van der Waals surface area contributed by atoms with Crippen molar-refractivity contribution in [2.45, 2.75) is 6.54 Å². The molecule has 0 spiro atoms. The van der Waals surface area contributed by atoms with Gasteiger partial charge >= 0.3 is 0 Å². The summed E-state index contributed by atoms with van der Waals surface area (Å²) in [6.07, 6.45) is 1.60. The number of nitriles is 1. The Morgan fingerprint density at radius 1 is 1.32 bits per heavy atom. The number of benzene rings is 1. The van der Waals surface area contributed by atoms with Crippen molar-refractivity contribution in [2.24, 2.45) is 0 Å². The molecule has 0 fully saturated rings. The molecule has 1 heterocycles. The van der Waals surface area contributed by atoms with Crippen LogP contribution in [0.5, 0.6) is 0 Å². The first kappa shape index (κ1) is 15.8. The first-order valence-electron chi connectivity index (χ1n) is 6.80. The van der Waals surface area contributed by atoms with Gasteiger partial charge < -0.3 is 10.2 Å². The van der Waals surface area contributed by atoms with Gasteiger partial charge in [0.2, 0.25) is 0 Å². The van der Waals surface area contributed by atoms with Crippen molar-refractivity contribution in [1.82, 2.24) is 5.32 Å². The van der Waals surface area contributed by atoms with Crippen LogP contribution in [0.4, 0.5) is 5.69 Å². The van der Waals surface area contributed by atoms with E-state index in [0.29, 0.717) is 6.54 Å². The van der Waals surface area contributed by atoms with E-state index in [1.807, 2.05) is 66.8 Å². The molecule has 1 aromatic heterocycles. The highest BCUT2D eigenvalue weighted by Gasteiger charge is 2.09. The van der Waals surface area contributed by atoms with Gasteiger partial charge in [0, 0.05) is 24.7 Å². The molecule has 22 heavy (non-hydrogen) atoms. The minimum Gasteiger partial charge on any atom is -0.378 e. The number of hydrogen-bond acceptors (Lipinski definition) is 4. The van der Waals surface area contributed by atoms with Gasteiger partial charge in [-0.1, -0.05) is 18.2 Å². The Hall–Kier alpha value is -2.58. The molecule has 0 aliphatic heterocycles. The summed E-state index contributed by atoms with van der Waals surface area (Å²) in [5, 5.41) is 13.9. The van der Waals surface area contributed by atoms with Crippen molar-refractivity contribution in [3.63, 3.8) is 0 Å². The van der Waals surface area contributed by atoms with Crippen LogP contribution in [0.3, 0.4) is 0 Å². The second-order valence-corrected chi connectivity index (χ2v) is 5.95. The van der Waals surface area contributed by atoms with E-state index >= 15 is 0 Å². The zero-order valence-corrected chi connectivity index (χ0v) is 13.4. The Morgan fingerprint density at radius 2 is 2.05 bits per heavy atom. The lowest BCUT2D eigenvalue weighted by molar-refractivity contribution is -0.117. The molecule has 112 valence electrons. The van der Waals surface area contributed by atoms with E-state index < -0.39 is 0 Å². The van der Waals surface area contributed by atoms with Crippen LogP contribution in [-0.2, 0) is 11.3 Å². The Labute approximate surface area is 134 Å². The van der Waals surface area contributed by atoms with Crippen LogP contribution in [0.2, 0.25) is 0 Å². The maximum Gasteiger partial charge on any atom is 0.262 e. The molecule has 0 saturated heterocycles. The molecule has 0 aliphatic carbocycles. The lowest BCUT2D eigenvalue weighted by atomic mass is 10.1. The number of thiophene rings is 1. The summed E-state index contributed by atoms with van der Waals surface area (Å²) in [6, 6.07) is 13.5. The molecule has 0 bridgehead atoms. The van der Waals surface area contributed by atoms with Gasteiger partial charge in [-0.2, -0.15) is 5.26 Å². The summed E-state index contributed by atoms with van der Waals surface area (Å²) in [5.74, 6) is -0.354. The number of carbonyl (C=O) groups is 1. The van der Waals surface area contributed by atoms with Crippen LogP contribution in [0, 0.1) is 11.3 Å². The molecular formula is C17H17N3OS. The zero-order chi connectivity index (χ0) is 15.9. The fourth-order valence-electron chi connectivity index (χ4n) is 1.86. The molecule has 0 saturated carbocycles. The fourth-order valence-corrected chi connectivity index (χ4v) is 2.50. The SMILES string of the molecule is CN(C)c1ccc(/C=C(/C#N)C(=O)NCc2cccs2)cc1. The summed E-state index contributed by atoms with van der Waals surface area (Å²) in [7, 11) is 3.92. The standard InChI is InChI=1S/C17H17N3OS/c1-20(2)15-7-5-13(6-8-15)10-14(11-18)17(21)19-12-16-4-3-9-22-16/h3-10H,12H2,1-2H3,(H,19,21)/b14-10-. The first-order valence-corrected chi connectivity index (χ1v) is 7.68. The molecule has 5 heteroatoms. The van der Waals surface area contributed by atoms with E-state index in [0.717, 1.165) is 16.1 Å². The van der Waals surface area contributed by atoms with Gasteiger partial charge in [-0.15, -0.1) is 11.3 Å². The Morgan fingerprint density at radius 3 is 2.59 bits per heavy atom. The van der Waals surface area contributed by atoms with Crippen LogP contribution in [0.25, 0.3) is 6.08 Å². The van der Waals surface area contributed by atoms with Crippen molar-refractivity contribution >= 4 is 29.0 Å². The number of amides is 1. The Balaban J connectivity index is 2.06. The third kappa shape index (κ3) is 4.21. The monoisotopic (exact) mass is 311 g/mol. The van der Waals surface area contributed by atoms with Crippen LogP contribution < -0.4 is 10.2 Å². The molecule has 1 amide bonds. The van der Waals surface area contributed by atoms with Gasteiger partial charge in [-0.05, 0) is 35.2 Å². The quantitative estimate of drug-likeness (QED) is 0.682. The van der Waals surface area contributed by atoms with Crippen molar-refractivity contribution in [1.29, 1.82) is 5.26 Å². The van der Waals surface area contributed by atoms with Crippen molar-refractivity contribution in [3.8, 4) is 6.07 Å². The van der Waals surface area contributed by atoms with E-state index in [1.165, 1.54) is 0 Å². The van der Waals surface area contributed by atoms with E-state index in [9.17, 15) is 10.1 Å². The normalized spacial score (nSPS) is 10.9. The maximum absolute atomic E-state index is 12.0. The van der Waals surface area contributed by atoms with Crippen molar-refractivity contribution in [2.75, 3.05) is 19.0 Å². The summed E-state index contributed by atoms with van der Waals surface area (Å²) in [5.41, 5.74) is 2.00. The maximum atomic E-state index is 12.0. The number of rotatable bonds is 5. The molecule has 2 aromatic rings. The molecule has 1 aromatic carbocycles. The summed E-state index contributed by atoms with van der Waals surface area (Å²) >= 11 is 1.57. The minimum absolute atomic E-state index is 0.106. The minimum atomic E-state index is -0.354. The molecule has 1 N–H and O–H groups in total. The highest BCUT2D eigenvalue weighted by Crippen LogP contribution is 2.15. The zero-order valence-electron chi connectivity index (χ0n) is 12.5. The molecule has 0 radical (unpaired) electrons. The van der Waals surface area contributed by atoms with Crippen molar-refractivity contribution in [3.05, 3.63) is 57.8 Å². The van der Waals surface area contributed by atoms with E-state index in [4.69, 9.17) is 0 Å². The van der Waals surface area contributed by atoms with E-state index in [2.05, 4.69) is 5.32 Å². The number of nitrogens with one attached hydrogen (secondary N) is 1. The van der Waals surface area contributed by atoms with Crippen LogP contribution in [0.15, 0.2) is 47.4 Å². The van der Waals surface area contributed by atoms with Gasteiger partial charge in [0.05, 0.1) is 6.54 Å². The molecule has 2 rings (SSSR count). The summed E-state index contributed by atoms with van der Waals surface area (Å²) in [6.45, 7) is 0.440. The molecule has 4 nitrogen and oxygen atoms in total. The fraction of sp³-hybridized carbons (Fsp3) is 0.176. The number of hydrogen-bond donors (Lipinski definition) is 1. The van der Waals surface area contributed by atoms with Gasteiger partial charge in [0.1, 0.15) is 11.6 Å². The second kappa shape index (κ2) is 7.43. The summed E-state index contributed by atoms with van der Waals surface area (Å²) in [4.78, 5) is 15.1. The predicted molar refractivity (Wildman–Crippen MR) is 90.5 cm³/mol. The Bertz CT molecular complexity index is 695. The largest absolute Gasteiger partial charge is 0.378 e. The van der Waals surface area contributed by atoms with E-state index in [-0.39, 0.29) is 11.5 Å². The van der Waals surface area contributed by atoms with Crippen LogP contribution in [0.1, 0.15) is 10.4 Å².